The number of nitrogens with one attached hydrogen (secondary N) is 1. The molecule has 0 spiro atoms. The number of carboxylic acids is 1. The van der Waals surface area contributed by atoms with Crippen molar-refractivity contribution >= 4 is 12.0 Å². The van der Waals surface area contributed by atoms with Crippen LogP contribution in [0.25, 0.3) is 0 Å². The second-order valence-corrected chi connectivity index (χ2v) is 6.70. The maximum absolute atomic E-state index is 12.1. The van der Waals surface area contributed by atoms with Crippen LogP contribution in [0.2, 0.25) is 0 Å². The van der Waals surface area contributed by atoms with Gasteiger partial charge in [-0.25, -0.2) is 4.79 Å². The fourth-order valence-corrected chi connectivity index (χ4v) is 3.89. The number of nitrogens with zero attached hydrogens (tertiary/aromatic N) is 1. The number of carbonyl (C=O) groups is 2. The van der Waals surface area contributed by atoms with Crippen molar-refractivity contribution in [2.75, 3.05) is 13.6 Å². The molecule has 2 aliphatic rings. The molecule has 114 valence electrons. The molecule has 2 N–H and O–H groups in total. The van der Waals surface area contributed by atoms with E-state index in [2.05, 4.69) is 12.2 Å². The monoisotopic (exact) mass is 282 g/mol. The molecule has 0 saturated heterocycles. The minimum Gasteiger partial charge on any atom is -0.481 e. The molecule has 2 rings (SSSR count). The molecule has 0 aromatic carbocycles. The van der Waals surface area contributed by atoms with Crippen molar-refractivity contribution in [2.24, 2.45) is 23.7 Å². The van der Waals surface area contributed by atoms with Crippen LogP contribution < -0.4 is 5.32 Å². The quantitative estimate of drug-likeness (QED) is 0.812. The Kier molecular flexibility index (Phi) is 4.55. The van der Waals surface area contributed by atoms with E-state index in [1.165, 1.54) is 30.6 Å². The van der Waals surface area contributed by atoms with Gasteiger partial charge in [0, 0.05) is 19.6 Å². The van der Waals surface area contributed by atoms with Gasteiger partial charge in [0.15, 0.2) is 0 Å². The molecule has 2 aliphatic carbocycles. The van der Waals surface area contributed by atoms with E-state index in [0.717, 1.165) is 11.8 Å². The smallest absolute Gasteiger partial charge is 0.317 e. The first-order valence-corrected chi connectivity index (χ1v) is 7.63. The van der Waals surface area contributed by atoms with Crippen molar-refractivity contribution in [1.29, 1.82) is 0 Å². The highest BCUT2D eigenvalue weighted by Crippen LogP contribution is 2.49. The van der Waals surface area contributed by atoms with Gasteiger partial charge < -0.3 is 15.3 Å². The summed E-state index contributed by atoms with van der Waals surface area (Å²) < 4.78 is 0. The Morgan fingerprint density at radius 3 is 2.50 bits per heavy atom. The standard InChI is InChI=1S/C15H26N2O3/c1-9(14(18)19)8-17(3)15(20)16-10(2)13-7-11-4-5-12(13)6-11/h9-13H,4-8H2,1-3H3,(H,16,20)(H,18,19). The van der Waals surface area contributed by atoms with Crippen molar-refractivity contribution in [3.05, 3.63) is 0 Å². The van der Waals surface area contributed by atoms with Gasteiger partial charge in [-0.3, -0.25) is 4.79 Å². The number of carbonyl (C=O) groups excluding carboxylic acids is 1. The maximum Gasteiger partial charge on any atom is 0.317 e. The predicted molar refractivity (Wildman–Crippen MR) is 76.4 cm³/mol. The van der Waals surface area contributed by atoms with Crippen molar-refractivity contribution in [2.45, 2.75) is 45.6 Å². The first kappa shape index (κ1) is 15.1. The molecule has 0 aromatic rings. The van der Waals surface area contributed by atoms with E-state index in [-0.39, 0.29) is 18.6 Å². The molecule has 5 unspecified atom stereocenters. The number of aliphatic carboxylic acids is 1. The molecule has 5 nitrogen and oxygen atoms in total. The van der Waals surface area contributed by atoms with Gasteiger partial charge in [0.25, 0.3) is 0 Å². The molecule has 5 atom stereocenters. The lowest BCUT2D eigenvalue weighted by Crippen LogP contribution is -2.47. The minimum atomic E-state index is -0.870. The van der Waals surface area contributed by atoms with Crippen molar-refractivity contribution in [3.63, 3.8) is 0 Å². The van der Waals surface area contributed by atoms with Crippen LogP contribution in [0.1, 0.15) is 39.5 Å². The molecule has 5 heteroatoms. The number of hydrogen-bond donors (Lipinski definition) is 2. The van der Waals surface area contributed by atoms with Crippen LogP contribution in [0.4, 0.5) is 4.79 Å². The van der Waals surface area contributed by atoms with Gasteiger partial charge in [0.05, 0.1) is 5.92 Å². The normalized spacial score (nSPS) is 30.9. The Balaban J connectivity index is 1.80. The highest BCUT2D eigenvalue weighted by Gasteiger charge is 2.42. The van der Waals surface area contributed by atoms with E-state index in [4.69, 9.17) is 5.11 Å². The van der Waals surface area contributed by atoms with Crippen LogP contribution in [-0.4, -0.2) is 41.6 Å². The summed E-state index contributed by atoms with van der Waals surface area (Å²) in [5.74, 6) is 0.838. The molecule has 2 amide bonds. The second-order valence-electron chi connectivity index (χ2n) is 6.70. The summed E-state index contributed by atoms with van der Waals surface area (Å²) in [4.78, 5) is 24.4. The fourth-order valence-electron chi connectivity index (χ4n) is 3.89. The maximum atomic E-state index is 12.1. The van der Waals surface area contributed by atoms with Crippen LogP contribution >= 0.6 is 0 Å². The van der Waals surface area contributed by atoms with Gasteiger partial charge >= 0.3 is 12.0 Å². The van der Waals surface area contributed by atoms with Gasteiger partial charge in [-0.05, 0) is 43.9 Å². The summed E-state index contributed by atoms with van der Waals surface area (Å²) in [6.07, 6.45) is 5.23. The third kappa shape index (κ3) is 3.25. The van der Waals surface area contributed by atoms with Gasteiger partial charge in [0.1, 0.15) is 0 Å². The molecule has 2 bridgehead atoms. The summed E-state index contributed by atoms with van der Waals surface area (Å²) in [5.41, 5.74) is 0. The SMILES string of the molecule is CC(CN(C)C(=O)NC(C)C1CC2CCC1C2)C(=O)O. The number of amides is 2. The molecule has 0 aliphatic heterocycles. The molecular formula is C15H26N2O3. The Morgan fingerprint density at radius 1 is 1.30 bits per heavy atom. The molecule has 0 aromatic heterocycles. The number of hydrogen-bond acceptors (Lipinski definition) is 2. The van der Waals surface area contributed by atoms with E-state index < -0.39 is 11.9 Å². The molecule has 2 fully saturated rings. The summed E-state index contributed by atoms with van der Waals surface area (Å²) in [7, 11) is 1.66. The topological polar surface area (TPSA) is 69.6 Å². The van der Waals surface area contributed by atoms with E-state index >= 15 is 0 Å². The third-order valence-corrected chi connectivity index (χ3v) is 5.10. The number of urea groups is 1. The summed E-state index contributed by atoms with van der Waals surface area (Å²) in [6.45, 7) is 3.94. The molecule has 2 saturated carbocycles. The zero-order valence-corrected chi connectivity index (χ0v) is 12.6. The minimum absolute atomic E-state index is 0.159. The summed E-state index contributed by atoms with van der Waals surface area (Å²) in [6, 6.07) is 0.0220. The van der Waals surface area contributed by atoms with Crippen molar-refractivity contribution in [3.8, 4) is 0 Å². The number of carboxylic acid groups (broad SMARTS) is 1. The largest absolute Gasteiger partial charge is 0.481 e. The van der Waals surface area contributed by atoms with Crippen LogP contribution in [0.15, 0.2) is 0 Å². The molecule has 0 radical (unpaired) electrons. The first-order valence-electron chi connectivity index (χ1n) is 7.63. The van der Waals surface area contributed by atoms with Crippen LogP contribution in [-0.2, 0) is 4.79 Å². The summed E-state index contributed by atoms with van der Waals surface area (Å²) in [5, 5.41) is 11.9. The predicted octanol–water partition coefficient (Wildman–Crippen LogP) is 2.17. The first-order chi connectivity index (χ1) is 9.38. The Morgan fingerprint density at radius 2 is 2.00 bits per heavy atom. The van der Waals surface area contributed by atoms with Gasteiger partial charge in [-0.1, -0.05) is 13.3 Å². The lowest BCUT2D eigenvalue weighted by molar-refractivity contribution is -0.141. The zero-order valence-electron chi connectivity index (χ0n) is 12.6. The second kappa shape index (κ2) is 6.02. The van der Waals surface area contributed by atoms with Crippen LogP contribution in [0, 0.1) is 23.7 Å². The van der Waals surface area contributed by atoms with E-state index in [1.807, 2.05) is 0 Å². The molecule has 0 heterocycles. The average molecular weight is 282 g/mol. The number of rotatable bonds is 5. The Bertz CT molecular complexity index is 385. The van der Waals surface area contributed by atoms with Gasteiger partial charge in [0.2, 0.25) is 0 Å². The van der Waals surface area contributed by atoms with Gasteiger partial charge in [-0.2, -0.15) is 0 Å². The van der Waals surface area contributed by atoms with Gasteiger partial charge in [-0.15, -0.1) is 0 Å². The highest BCUT2D eigenvalue weighted by atomic mass is 16.4. The number of fused-ring (bicyclic) bond motifs is 2. The van der Waals surface area contributed by atoms with Crippen molar-refractivity contribution in [1.82, 2.24) is 10.2 Å². The van der Waals surface area contributed by atoms with E-state index in [9.17, 15) is 9.59 Å². The van der Waals surface area contributed by atoms with Crippen LogP contribution in [0.3, 0.4) is 0 Å². The van der Waals surface area contributed by atoms with Crippen LogP contribution in [0.5, 0.6) is 0 Å². The summed E-state index contributed by atoms with van der Waals surface area (Å²) >= 11 is 0. The molecule has 20 heavy (non-hydrogen) atoms. The fraction of sp³-hybridized carbons (Fsp3) is 0.867. The molecular weight excluding hydrogens is 256 g/mol. The Labute approximate surface area is 120 Å². The zero-order chi connectivity index (χ0) is 14.9. The van der Waals surface area contributed by atoms with E-state index in [0.29, 0.717) is 5.92 Å². The Hall–Kier alpha value is -1.26. The highest BCUT2D eigenvalue weighted by molar-refractivity contribution is 5.76. The average Bonchev–Trinajstić information content (AvgIpc) is 3.00. The van der Waals surface area contributed by atoms with Crippen molar-refractivity contribution < 1.29 is 14.7 Å². The lowest BCUT2D eigenvalue weighted by Gasteiger charge is -2.30. The lowest BCUT2D eigenvalue weighted by atomic mass is 9.84. The van der Waals surface area contributed by atoms with E-state index in [1.54, 1.807) is 14.0 Å². The third-order valence-electron chi connectivity index (χ3n) is 5.10.